The number of aliphatic hydroxyl groups is 2. The van der Waals surface area contributed by atoms with Crippen molar-refractivity contribution >= 4 is 5.97 Å². The van der Waals surface area contributed by atoms with E-state index in [4.69, 9.17) is 5.11 Å². The Hall–Kier alpha value is -0.870. The predicted octanol–water partition coefficient (Wildman–Crippen LogP) is 2.35. The topological polar surface area (TPSA) is 77.8 Å². The second-order valence-corrected chi connectivity index (χ2v) is 6.38. The maximum atomic E-state index is 10.7. The fourth-order valence-corrected chi connectivity index (χ4v) is 3.06. The van der Waals surface area contributed by atoms with Crippen LogP contribution in [0.1, 0.15) is 53.4 Å². The number of carbonyl (C=O) groups is 1. The molecule has 4 heteroatoms. The SMILES string of the molecule is C/C(=C\CCC(C)(O)C1CCC(C)(O)C1C)C(=O)O. The largest absolute Gasteiger partial charge is 0.478 e. The van der Waals surface area contributed by atoms with Gasteiger partial charge in [0.05, 0.1) is 11.2 Å². The van der Waals surface area contributed by atoms with Crippen LogP contribution in [-0.2, 0) is 4.79 Å². The van der Waals surface area contributed by atoms with Crippen molar-refractivity contribution in [1.29, 1.82) is 0 Å². The summed E-state index contributed by atoms with van der Waals surface area (Å²) in [6.07, 6.45) is 4.22. The van der Waals surface area contributed by atoms with Crippen LogP contribution in [0.15, 0.2) is 11.6 Å². The lowest BCUT2D eigenvalue weighted by Gasteiger charge is -2.35. The van der Waals surface area contributed by atoms with Crippen molar-refractivity contribution in [1.82, 2.24) is 0 Å². The van der Waals surface area contributed by atoms with E-state index in [0.717, 1.165) is 6.42 Å². The van der Waals surface area contributed by atoms with Gasteiger partial charge in [-0.2, -0.15) is 0 Å². The average Bonchev–Trinajstić information content (AvgIpc) is 2.54. The molecule has 1 aliphatic rings. The normalized spacial score (nSPS) is 35.2. The number of aliphatic carboxylic acids is 1. The molecule has 4 nitrogen and oxygen atoms in total. The van der Waals surface area contributed by atoms with Crippen LogP contribution in [0.2, 0.25) is 0 Å². The van der Waals surface area contributed by atoms with Gasteiger partial charge >= 0.3 is 5.97 Å². The smallest absolute Gasteiger partial charge is 0.330 e. The van der Waals surface area contributed by atoms with Gasteiger partial charge in [0.15, 0.2) is 0 Å². The number of carboxylic acids is 1. The molecular formula is C15H26O4. The Balaban J connectivity index is 2.62. The Morgan fingerprint density at radius 1 is 1.53 bits per heavy atom. The highest BCUT2D eigenvalue weighted by atomic mass is 16.4. The van der Waals surface area contributed by atoms with E-state index in [1.807, 2.05) is 13.8 Å². The summed E-state index contributed by atoms with van der Waals surface area (Å²) in [5.74, 6) is -0.815. The molecule has 0 bridgehead atoms. The molecule has 0 amide bonds. The third-order valence-electron chi connectivity index (χ3n) is 4.78. The number of hydrogen-bond acceptors (Lipinski definition) is 3. The minimum atomic E-state index is -0.920. The Morgan fingerprint density at radius 2 is 2.11 bits per heavy atom. The monoisotopic (exact) mass is 270 g/mol. The molecule has 1 aliphatic carbocycles. The van der Waals surface area contributed by atoms with E-state index >= 15 is 0 Å². The summed E-state index contributed by atoms with van der Waals surface area (Å²) >= 11 is 0. The fraction of sp³-hybridized carbons (Fsp3) is 0.800. The Morgan fingerprint density at radius 3 is 2.53 bits per heavy atom. The summed E-state index contributed by atoms with van der Waals surface area (Å²) in [7, 11) is 0. The van der Waals surface area contributed by atoms with Crippen LogP contribution < -0.4 is 0 Å². The minimum Gasteiger partial charge on any atom is -0.478 e. The number of hydrogen-bond donors (Lipinski definition) is 3. The molecule has 0 aliphatic heterocycles. The first-order valence-electron chi connectivity index (χ1n) is 6.93. The molecule has 1 fully saturated rings. The Kier molecular flexibility index (Phi) is 4.80. The molecule has 1 saturated carbocycles. The van der Waals surface area contributed by atoms with Gasteiger partial charge in [-0.15, -0.1) is 0 Å². The van der Waals surface area contributed by atoms with E-state index in [2.05, 4.69) is 0 Å². The number of rotatable bonds is 5. The molecule has 4 unspecified atom stereocenters. The van der Waals surface area contributed by atoms with Crippen LogP contribution in [0.25, 0.3) is 0 Å². The zero-order valence-corrected chi connectivity index (χ0v) is 12.3. The van der Waals surface area contributed by atoms with Crippen molar-refractivity contribution in [3.05, 3.63) is 11.6 Å². The minimum absolute atomic E-state index is 0.0482. The summed E-state index contributed by atoms with van der Waals surface area (Å²) < 4.78 is 0. The number of allylic oxidation sites excluding steroid dienone is 1. The van der Waals surface area contributed by atoms with E-state index in [0.29, 0.717) is 24.8 Å². The zero-order valence-electron chi connectivity index (χ0n) is 12.3. The molecule has 4 atom stereocenters. The van der Waals surface area contributed by atoms with Crippen LogP contribution in [0.4, 0.5) is 0 Å². The Bertz CT molecular complexity index is 368. The van der Waals surface area contributed by atoms with Gasteiger partial charge in [0.2, 0.25) is 0 Å². The van der Waals surface area contributed by atoms with E-state index in [-0.39, 0.29) is 11.8 Å². The first-order valence-corrected chi connectivity index (χ1v) is 6.93. The zero-order chi connectivity index (χ0) is 14.8. The van der Waals surface area contributed by atoms with E-state index in [9.17, 15) is 15.0 Å². The van der Waals surface area contributed by atoms with Gasteiger partial charge in [0, 0.05) is 5.57 Å². The van der Waals surface area contributed by atoms with Gasteiger partial charge < -0.3 is 15.3 Å². The van der Waals surface area contributed by atoms with E-state index in [1.165, 1.54) is 0 Å². The number of carboxylic acid groups (broad SMARTS) is 1. The third kappa shape index (κ3) is 3.80. The van der Waals surface area contributed by atoms with Crippen molar-refractivity contribution in [2.75, 3.05) is 0 Å². The van der Waals surface area contributed by atoms with Crippen molar-refractivity contribution in [2.45, 2.75) is 64.6 Å². The van der Waals surface area contributed by atoms with Gasteiger partial charge in [-0.05, 0) is 58.3 Å². The molecule has 0 aromatic heterocycles. The second kappa shape index (κ2) is 5.63. The second-order valence-electron chi connectivity index (χ2n) is 6.38. The summed E-state index contributed by atoms with van der Waals surface area (Å²) in [4.78, 5) is 10.7. The first kappa shape index (κ1) is 16.2. The van der Waals surface area contributed by atoms with Crippen LogP contribution in [0.3, 0.4) is 0 Å². The maximum absolute atomic E-state index is 10.7. The highest BCUT2D eigenvalue weighted by Crippen LogP contribution is 2.46. The van der Waals surface area contributed by atoms with Crippen LogP contribution in [-0.4, -0.2) is 32.5 Å². The molecule has 19 heavy (non-hydrogen) atoms. The lowest BCUT2D eigenvalue weighted by Crippen LogP contribution is -2.40. The molecule has 0 saturated heterocycles. The third-order valence-corrected chi connectivity index (χ3v) is 4.78. The fourth-order valence-electron chi connectivity index (χ4n) is 3.06. The van der Waals surface area contributed by atoms with E-state index < -0.39 is 17.2 Å². The first-order chi connectivity index (χ1) is 8.58. The van der Waals surface area contributed by atoms with Gasteiger partial charge in [0.1, 0.15) is 0 Å². The van der Waals surface area contributed by atoms with Crippen molar-refractivity contribution in [2.24, 2.45) is 11.8 Å². The summed E-state index contributed by atoms with van der Waals surface area (Å²) in [6, 6.07) is 0. The van der Waals surface area contributed by atoms with Gasteiger partial charge in [0.25, 0.3) is 0 Å². The molecule has 0 aromatic rings. The molecule has 0 radical (unpaired) electrons. The quantitative estimate of drug-likeness (QED) is 0.670. The van der Waals surface area contributed by atoms with Gasteiger partial charge in [-0.3, -0.25) is 0 Å². The lowest BCUT2D eigenvalue weighted by atomic mass is 9.76. The standard InChI is InChI=1S/C15H26O4/c1-10(13(16)17)6-5-8-15(4,19)12-7-9-14(3,18)11(12)2/h6,11-12,18-19H,5,7-9H2,1-4H3,(H,16,17)/b10-6+. The van der Waals surface area contributed by atoms with Gasteiger partial charge in [-0.1, -0.05) is 13.0 Å². The lowest BCUT2D eigenvalue weighted by molar-refractivity contribution is -0.132. The van der Waals surface area contributed by atoms with Crippen molar-refractivity contribution in [3.63, 3.8) is 0 Å². The summed E-state index contributed by atoms with van der Waals surface area (Å²) in [5, 5.41) is 29.5. The van der Waals surface area contributed by atoms with Gasteiger partial charge in [-0.25, -0.2) is 4.79 Å². The molecule has 0 aromatic carbocycles. The van der Waals surface area contributed by atoms with Crippen LogP contribution in [0.5, 0.6) is 0 Å². The molecule has 1 rings (SSSR count). The average molecular weight is 270 g/mol. The molecule has 110 valence electrons. The summed E-state index contributed by atoms with van der Waals surface area (Å²) in [6.45, 7) is 7.15. The summed E-state index contributed by atoms with van der Waals surface area (Å²) in [5.41, 5.74) is -1.27. The Labute approximate surface area is 115 Å². The predicted molar refractivity (Wildman–Crippen MR) is 73.8 cm³/mol. The highest BCUT2D eigenvalue weighted by Gasteiger charge is 2.47. The molecule has 3 N–H and O–H groups in total. The van der Waals surface area contributed by atoms with Crippen molar-refractivity contribution in [3.8, 4) is 0 Å². The maximum Gasteiger partial charge on any atom is 0.330 e. The van der Waals surface area contributed by atoms with Crippen LogP contribution >= 0.6 is 0 Å². The highest BCUT2D eigenvalue weighted by molar-refractivity contribution is 5.85. The van der Waals surface area contributed by atoms with Crippen molar-refractivity contribution < 1.29 is 20.1 Å². The molecular weight excluding hydrogens is 244 g/mol. The molecule has 0 heterocycles. The van der Waals surface area contributed by atoms with Crippen LogP contribution in [0, 0.1) is 11.8 Å². The molecule has 0 spiro atoms. The van der Waals surface area contributed by atoms with E-state index in [1.54, 1.807) is 19.9 Å².